The van der Waals surface area contributed by atoms with Gasteiger partial charge in [0.15, 0.2) is 0 Å². The molecular formula is C15H10Cl4N4O2S. The molecule has 3 aromatic rings. The van der Waals surface area contributed by atoms with Crippen molar-refractivity contribution in [2.45, 2.75) is 11.4 Å². The Morgan fingerprint density at radius 1 is 0.962 bits per heavy atom. The highest BCUT2D eigenvalue weighted by atomic mass is 35.5. The Labute approximate surface area is 169 Å². The Morgan fingerprint density at radius 3 is 2.31 bits per heavy atom. The minimum absolute atomic E-state index is 0.0625. The summed E-state index contributed by atoms with van der Waals surface area (Å²) in [6, 6.07) is 9.60. The zero-order valence-corrected chi connectivity index (χ0v) is 16.7. The van der Waals surface area contributed by atoms with Gasteiger partial charge in [-0.1, -0.05) is 58.5 Å². The Hall–Kier alpha value is -1.51. The second kappa shape index (κ2) is 7.62. The van der Waals surface area contributed by atoms with Gasteiger partial charge in [-0.05, 0) is 29.8 Å². The van der Waals surface area contributed by atoms with E-state index in [1.807, 2.05) is 12.1 Å². The van der Waals surface area contributed by atoms with Crippen molar-refractivity contribution < 1.29 is 8.42 Å². The Kier molecular flexibility index (Phi) is 5.64. The smallest absolute Gasteiger partial charge is 0.246 e. The maximum atomic E-state index is 12.5. The monoisotopic (exact) mass is 450 g/mol. The first-order valence-electron chi connectivity index (χ1n) is 7.06. The number of sulfonamides is 1. The summed E-state index contributed by atoms with van der Waals surface area (Å²) in [4.78, 5) is 3.72. The predicted molar refractivity (Wildman–Crippen MR) is 103 cm³/mol. The van der Waals surface area contributed by atoms with Crippen LogP contribution >= 0.6 is 46.4 Å². The van der Waals surface area contributed by atoms with E-state index in [2.05, 4.69) is 14.8 Å². The topological polar surface area (TPSA) is 76.9 Å². The molecule has 6 nitrogen and oxygen atoms in total. The van der Waals surface area contributed by atoms with Crippen molar-refractivity contribution in [3.63, 3.8) is 0 Å². The van der Waals surface area contributed by atoms with Gasteiger partial charge in [0, 0.05) is 5.02 Å². The maximum absolute atomic E-state index is 12.5. The summed E-state index contributed by atoms with van der Waals surface area (Å²) in [5.74, 6) is -0.0962. The minimum atomic E-state index is -4.03. The van der Waals surface area contributed by atoms with Crippen molar-refractivity contribution in [2.75, 3.05) is 4.72 Å². The van der Waals surface area contributed by atoms with Crippen molar-refractivity contribution in [2.24, 2.45) is 0 Å². The van der Waals surface area contributed by atoms with E-state index in [9.17, 15) is 8.42 Å². The Balaban J connectivity index is 1.80. The molecule has 1 heterocycles. The molecule has 0 atom stereocenters. The third-order valence-electron chi connectivity index (χ3n) is 3.28. The number of benzene rings is 2. The van der Waals surface area contributed by atoms with Crippen LogP contribution in [0.1, 0.15) is 5.56 Å². The van der Waals surface area contributed by atoms with Crippen molar-refractivity contribution in [1.29, 1.82) is 0 Å². The molecule has 26 heavy (non-hydrogen) atoms. The van der Waals surface area contributed by atoms with Gasteiger partial charge in [-0.2, -0.15) is 4.98 Å². The van der Waals surface area contributed by atoms with Gasteiger partial charge in [0.1, 0.15) is 11.2 Å². The lowest BCUT2D eigenvalue weighted by Gasteiger charge is -2.08. The Bertz CT molecular complexity index is 1050. The van der Waals surface area contributed by atoms with Crippen LogP contribution in [-0.4, -0.2) is 23.2 Å². The van der Waals surface area contributed by atoms with Gasteiger partial charge in [0.25, 0.3) is 16.0 Å². The molecule has 0 bridgehead atoms. The van der Waals surface area contributed by atoms with Crippen molar-refractivity contribution in [3.8, 4) is 0 Å². The van der Waals surface area contributed by atoms with Crippen LogP contribution in [0.4, 0.5) is 5.95 Å². The standard InChI is InChI=1S/C15H10Cl4N4O2S/c16-10-3-1-9(2-4-10)7-23-8-20-15(21-23)22-26(24,25)14-6-12(18)11(17)5-13(14)19/h1-6,8H,7H2,(H,21,22). The zero-order valence-electron chi connectivity index (χ0n) is 12.8. The second-order valence-electron chi connectivity index (χ2n) is 5.19. The second-order valence-corrected chi connectivity index (χ2v) is 8.50. The van der Waals surface area contributed by atoms with E-state index in [-0.39, 0.29) is 25.9 Å². The fourth-order valence-electron chi connectivity index (χ4n) is 2.08. The highest BCUT2D eigenvalue weighted by Gasteiger charge is 2.21. The van der Waals surface area contributed by atoms with E-state index in [0.717, 1.165) is 5.56 Å². The normalized spacial score (nSPS) is 11.5. The first kappa shape index (κ1) is 19.3. The summed E-state index contributed by atoms with van der Waals surface area (Å²) < 4.78 is 28.7. The maximum Gasteiger partial charge on any atom is 0.265 e. The molecular weight excluding hydrogens is 442 g/mol. The molecule has 0 fully saturated rings. The molecule has 1 N–H and O–H groups in total. The van der Waals surface area contributed by atoms with Crippen molar-refractivity contribution >= 4 is 62.4 Å². The van der Waals surface area contributed by atoms with E-state index in [4.69, 9.17) is 46.4 Å². The van der Waals surface area contributed by atoms with Crippen LogP contribution in [0.15, 0.2) is 47.6 Å². The van der Waals surface area contributed by atoms with Crippen molar-refractivity contribution in [3.05, 3.63) is 68.4 Å². The molecule has 3 rings (SSSR count). The van der Waals surface area contributed by atoms with E-state index in [1.165, 1.54) is 23.1 Å². The number of aromatic nitrogens is 3. The molecule has 11 heteroatoms. The molecule has 0 aliphatic rings. The molecule has 0 aliphatic heterocycles. The SMILES string of the molecule is O=S(=O)(Nc1ncn(Cc2ccc(Cl)cc2)n1)c1cc(Cl)c(Cl)cc1Cl. The van der Waals surface area contributed by atoms with Crippen LogP contribution in [0, 0.1) is 0 Å². The molecule has 0 aliphatic carbocycles. The largest absolute Gasteiger partial charge is 0.265 e. The number of rotatable bonds is 5. The first-order valence-corrected chi connectivity index (χ1v) is 10.1. The fraction of sp³-hybridized carbons (Fsp3) is 0.0667. The third kappa shape index (κ3) is 4.42. The third-order valence-corrected chi connectivity index (χ3v) is 6.05. The van der Waals surface area contributed by atoms with Crippen LogP contribution in [0.25, 0.3) is 0 Å². The van der Waals surface area contributed by atoms with Gasteiger partial charge in [0.2, 0.25) is 0 Å². The minimum Gasteiger partial charge on any atom is -0.246 e. The summed E-state index contributed by atoms with van der Waals surface area (Å²) in [6.07, 6.45) is 1.41. The van der Waals surface area contributed by atoms with Gasteiger partial charge in [0.05, 0.1) is 21.6 Å². The number of nitrogens with zero attached hydrogens (tertiary/aromatic N) is 3. The van der Waals surface area contributed by atoms with Gasteiger partial charge in [-0.25, -0.2) is 17.8 Å². The van der Waals surface area contributed by atoms with E-state index < -0.39 is 10.0 Å². The van der Waals surface area contributed by atoms with Crippen LogP contribution in [0.2, 0.25) is 20.1 Å². The quantitative estimate of drug-likeness (QED) is 0.568. The molecule has 0 saturated carbocycles. The number of nitrogens with one attached hydrogen (secondary N) is 1. The molecule has 2 aromatic carbocycles. The van der Waals surface area contributed by atoms with E-state index in [0.29, 0.717) is 11.6 Å². The van der Waals surface area contributed by atoms with Gasteiger partial charge in [-0.15, -0.1) is 5.10 Å². The lowest BCUT2D eigenvalue weighted by atomic mass is 10.2. The van der Waals surface area contributed by atoms with E-state index in [1.54, 1.807) is 12.1 Å². The first-order chi connectivity index (χ1) is 12.2. The van der Waals surface area contributed by atoms with Crippen LogP contribution in [-0.2, 0) is 16.6 Å². The molecule has 1 aromatic heterocycles. The van der Waals surface area contributed by atoms with Crippen LogP contribution < -0.4 is 4.72 Å². The average Bonchev–Trinajstić information content (AvgIpc) is 2.99. The lowest BCUT2D eigenvalue weighted by molar-refractivity contribution is 0.600. The fourth-order valence-corrected chi connectivity index (χ4v) is 4.15. The molecule has 0 radical (unpaired) electrons. The van der Waals surface area contributed by atoms with Crippen LogP contribution in [0.3, 0.4) is 0 Å². The summed E-state index contributed by atoms with van der Waals surface area (Å²) in [7, 11) is -4.03. The van der Waals surface area contributed by atoms with Gasteiger partial charge >= 0.3 is 0 Å². The van der Waals surface area contributed by atoms with Gasteiger partial charge in [-0.3, -0.25) is 0 Å². The van der Waals surface area contributed by atoms with Crippen molar-refractivity contribution in [1.82, 2.24) is 14.8 Å². The lowest BCUT2D eigenvalue weighted by Crippen LogP contribution is -2.15. The number of anilines is 1. The Morgan fingerprint density at radius 2 is 1.62 bits per heavy atom. The highest BCUT2D eigenvalue weighted by molar-refractivity contribution is 7.92. The van der Waals surface area contributed by atoms with Gasteiger partial charge < -0.3 is 0 Å². The highest BCUT2D eigenvalue weighted by Crippen LogP contribution is 2.32. The molecule has 0 saturated heterocycles. The molecule has 136 valence electrons. The zero-order chi connectivity index (χ0) is 18.9. The summed E-state index contributed by atoms with van der Waals surface area (Å²) in [5.41, 5.74) is 0.932. The number of hydrogen-bond donors (Lipinski definition) is 1. The molecule has 0 spiro atoms. The summed E-state index contributed by atoms with van der Waals surface area (Å²) in [5, 5.41) is 4.87. The average molecular weight is 452 g/mol. The summed E-state index contributed by atoms with van der Waals surface area (Å²) >= 11 is 23.5. The summed E-state index contributed by atoms with van der Waals surface area (Å²) in [6.45, 7) is 0.402. The number of hydrogen-bond acceptors (Lipinski definition) is 4. The molecule has 0 amide bonds. The van der Waals surface area contributed by atoms with Crippen LogP contribution in [0.5, 0.6) is 0 Å². The van der Waals surface area contributed by atoms with E-state index >= 15 is 0 Å². The molecule has 0 unspecified atom stereocenters. The number of halogens is 4. The predicted octanol–water partition coefficient (Wildman–Crippen LogP) is 4.74.